The van der Waals surface area contributed by atoms with Crippen LogP contribution in [0.25, 0.3) is 0 Å². The molecule has 0 aromatic carbocycles. The van der Waals surface area contributed by atoms with Gasteiger partial charge in [-0.15, -0.1) is 13.2 Å². The maximum absolute atomic E-state index is 11.9. The Kier molecular flexibility index (Phi) is 8.48. The number of nitrogens with zero attached hydrogens (tertiary/aromatic N) is 2. The Bertz CT molecular complexity index is 218. The normalized spacial score (nSPS) is 10.2. The molecule has 0 spiro atoms. The van der Waals surface area contributed by atoms with Crippen molar-refractivity contribution in [2.45, 2.75) is 19.8 Å². The summed E-state index contributed by atoms with van der Waals surface area (Å²) in [6.45, 7) is 11.8. The SMILES string of the molecule is C=CCN(CC=C)N(CCC)C(=O)CCN. The lowest BCUT2D eigenvalue weighted by molar-refractivity contribution is -0.147. The van der Waals surface area contributed by atoms with Crippen molar-refractivity contribution >= 4 is 5.91 Å². The molecule has 0 aromatic rings. The third-order valence-electron chi connectivity index (χ3n) is 2.10. The van der Waals surface area contributed by atoms with Gasteiger partial charge in [-0.05, 0) is 6.42 Å². The molecule has 0 aliphatic rings. The Hall–Kier alpha value is -1.13. The fourth-order valence-electron chi connectivity index (χ4n) is 1.46. The number of hydrogen-bond acceptors (Lipinski definition) is 3. The zero-order valence-electron chi connectivity index (χ0n) is 10.2. The molecule has 92 valence electrons. The molecule has 1 amide bonds. The van der Waals surface area contributed by atoms with Crippen LogP contribution in [0.5, 0.6) is 0 Å². The summed E-state index contributed by atoms with van der Waals surface area (Å²) >= 11 is 0. The fraction of sp³-hybridized carbons (Fsp3) is 0.583. The molecule has 4 nitrogen and oxygen atoms in total. The number of carbonyl (C=O) groups excluding carboxylic acids is 1. The molecule has 0 radical (unpaired) electrons. The van der Waals surface area contributed by atoms with Crippen molar-refractivity contribution in [1.29, 1.82) is 0 Å². The molecule has 0 heterocycles. The molecule has 0 unspecified atom stereocenters. The first kappa shape index (κ1) is 14.9. The second kappa shape index (κ2) is 9.12. The van der Waals surface area contributed by atoms with Gasteiger partial charge in [0, 0.05) is 32.6 Å². The molecule has 0 saturated carbocycles. The van der Waals surface area contributed by atoms with Crippen LogP contribution in [0.15, 0.2) is 25.3 Å². The van der Waals surface area contributed by atoms with E-state index in [1.165, 1.54) is 0 Å². The van der Waals surface area contributed by atoms with Gasteiger partial charge in [-0.1, -0.05) is 19.1 Å². The summed E-state index contributed by atoms with van der Waals surface area (Å²) in [6.07, 6.45) is 4.86. The highest BCUT2D eigenvalue weighted by molar-refractivity contribution is 5.75. The quantitative estimate of drug-likeness (QED) is 0.473. The predicted molar refractivity (Wildman–Crippen MR) is 67.6 cm³/mol. The number of amides is 1. The molecule has 0 saturated heterocycles. The van der Waals surface area contributed by atoms with Crippen molar-refractivity contribution in [2.75, 3.05) is 26.2 Å². The summed E-state index contributed by atoms with van der Waals surface area (Å²) in [5.41, 5.74) is 5.41. The molecule has 16 heavy (non-hydrogen) atoms. The van der Waals surface area contributed by atoms with E-state index in [0.717, 1.165) is 6.42 Å². The number of nitrogens with two attached hydrogens (primary N) is 1. The van der Waals surface area contributed by atoms with Gasteiger partial charge in [-0.2, -0.15) is 0 Å². The predicted octanol–water partition coefficient (Wildman–Crippen LogP) is 1.16. The van der Waals surface area contributed by atoms with Crippen molar-refractivity contribution in [1.82, 2.24) is 10.0 Å². The van der Waals surface area contributed by atoms with Gasteiger partial charge in [0.1, 0.15) is 0 Å². The molecule has 0 bridgehead atoms. The van der Waals surface area contributed by atoms with Crippen LogP contribution in [0.1, 0.15) is 19.8 Å². The van der Waals surface area contributed by atoms with Gasteiger partial charge in [0.05, 0.1) is 0 Å². The van der Waals surface area contributed by atoms with Gasteiger partial charge in [0.2, 0.25) is 5.91 Å². The van der Waals surface area contributed by atoms with Gasteiger partial charge >= 0.3 is 0 Å². The maximum Gasteiger partial charge on any atom is 0.238 e. The van der Waals surface area contributed by atoms with Crippen LogP contribution in [0.2, 0.25) is 0 Å². The molecule has 0 aliphatic carbocycles. The molecule has 2 N–H and O–H groups in total. The van der Waals surface area contributed by atoms with Crippen LogP contribution < -0.4 is 5.73 Å². The standard InChI is InChI=1S/C12H23N3O/c1-4-9-14(10-5-2)15(11-6-3)12(16)7-8-13/h4-5H,1-2,6-11,13H2,3H3. The first-order chi connectivity index (χ1) is 7.71. The van der Waals surface area contributed by atoms with E-state index in [4.69, 9.17) is 5.73 Å². The Morgan fingerprint density at radius 1 is 1.31 bits per heavy atom. The van der Waals surface area contributed by atoms with E-state index >= 15 is 0 Å². The van der Waals surface area contributed by atoms with Gasteiger partial charge in [-0.25, -0.2) is 5.01 Å². The summed E-state index contributed by atoms with van der Waals surface area (Å²) in [7, 11) is 0. The van der Waals surface area contributed by atoms with Crippen molar-refractivity contribution < 1.29 is 4.79 Å². The largest absolute Gasteiger partial charge is 0.330 e. The summed E-state index contributed by atoms with van der Waals surface area (Å²) < 4.78 is 0. The molecule has 0 aromatic heterocycles. The Morgan fingerprint density at radius 2 is 1.88 bits per heavy atom. The van der Waals surface area contributed by atoms with Crippen LogP contribution >= 0.6 is 0 Å². The van der Waals surface area contributed by atoms with Crippen LogP contribution in [-0.2, 0) is 4.79 Å². The van der Waals surface area contributed by atoms with Gasteiger partial charge in [0.25, 0.3) is 0 Å². The van der Waals surface area contributed by atoms with Crippen LogP contribution in [0.3, 0.4) is 0 Å². The van der Waals surface area contributed by atoms with Crippen molar-refractivity contribution in [2.24, 2.45) is 5.73 Å². The molecule has 4 heteroatoms. The Balaban J connectivity index is 4.59. The van der Waals surface area contributed by atoms with E-state index in [9.17, 15) is 4.79 Å². The smallest absolute Gasteiger partial charge is 0.238 e. The molecule has 0 fully saturated rings. The van der Waals surface area contributed by atoms with E-state index in [0.29, 0.717) is 32.6 Å². The second-order valence-electron chi connectivity index (χ2n) is 3.50. The van der Waals surface area contributed by atoms with Gasteiger partial charge < -0.3 is 5.73 Å². The monoisotopic (exact) mass is 225 g/mol. The van der Waals surface area contributed by atoms with Crippen LogP contribution in [0.4, 0.5) is 0 Å². The summed E-state index contributed by atoms with van der Waals surface area (Å²) in [4.78, 5) is 11.9. The first-order valence-electron chi connectivity index (χ1n) is 5.68. The lowest BCUT2D eigenvalue weighted by Gasteiger charge is -2.33. The highest BCUT2D eigenvalue weighted by Gasteiger charge is 2.17. The number of hydrogen-bond donors (Lipinski definition) is 1. The van der Waals surface area contributed by atoms with E-state index in [1.807, 2.05) is 11.9 Å². The summed E-state index contributed by atoms with van der Waals surface area (Å²) in [5, 5.41) is 3.68. The lowest BCUT2D eigenvalue weighted by Crippen LogP contribution is -2.47. The lowest BCUT2D eigenvalue weighted by atomic mass is 10.3. The van der Waals surface area contributed by atoms with Crippen LogP contribution in [0, 0.1) is 0 Å². The minimum absolute atomic E-state index is 0.0630. The maximum atomic E-state index is 11.9. The number of hydrazine groups is 1. The third kappa shape index (κ3) is 5.09. The van der Waals surface area contributed by atoms with E-state index in [2.05, 4.69) is 13.2 Å². The average molecular weight is 225 g/mol. The molecular formula is C12H23N3O. The molecule has 0 rings (SSSR count). The van der Waals surface area contributed by atoms with E-state index < -0.39 is 0 Å². The topological polar surface area (TPSA) is 49.6 Å². The minimum atomic E-state index is 0.0630. The molecule has 0 atom stereocenters. The summed E-state index contributed by atoms with van der Waals surface area (Å²) in [6, 6.07) is 0. The summed E-state index contributed by atoms with van der Waals surface area (Å²) in [5.74, 6) is 0.0630. The van der Waals surface area contributed by atoms with Crippen molar-refractivity contribution in [3.63, 3.8) is 0 Å². The van der Waals surface area contributed by atoms with E-state index in [-0.39, 0.29) is 5.91 Å². The Morgan fingerprint density at radius 3 is 2.25 bits per heavy atom. The highest BCUT2D eigenvalue weighted by Crippen LogP contribution is 2.03. The molecule has 0 aliphatic heterocycles. The average Bonchev–Trinajstić information content (AvgIpc) is 2.26. The first-order valence-corrected chi connectivity index (χ1v) is 5.68. The Labute approximate surface area is 98.4 Å². The fourth-order valence-corrected chi connectivity index (χ4v) is 1.46. The van der Waals surface area contributed by atoms with Gasteiger partial charge in [0.15, 0.2) is 0 Å². The zero-order valence-corrected chi connectivity index (χ0v) is 10.2. The highest BCUT2D eigenvalue weighted by atomic mass is 16.2. The van der Waals surface area contributed by atoms with Crippen molar-refractivity contribution in [3.05, 3.63) is 25.3 Å². The van der Waals surface area contributed by atoms with Crippen LogP contribution in [-0.4, -0.2) is 42.1 Å². The van der Waals surface area contributed by atoms with Gasteiger partial charge in [-0.3, -0.25) is 9.80 Å². The zero-order chi connectivity index (χ0) is 12.4. The second-order valence-corrected chi connectivity index (χ2v) is 3.50. The minimum Gasteiger partial charge on any atom is -0.330 e. The molecular weight excluding hydrogens is 202 g/mol. The van der Waals surface area contributed by atoms with E-state index in [1.54, 1.807) is 17.2 Å². The third-order valence-corrected chi connectivity index (χ3v) is 2.10. The number of rotatable bonds is 9. The van der Waals surface area contributed by atoms with Crippen molar-refractivity contribution in [3.8, 4) is 0 Å². The number of carbonyl (C=O) groups is 1.